The second-order valence-electron chi connectivity index (χ2n) is 6.27. The molecule has 1 heterocycles. The summed E-state index contributed by atoms with van der Waals surface area (Å²) >= 11 is 5.82. The third kappa shape index (κ3) is 3.78. The van der Waals surface area contributed by atoms with Gasteiger partial charge in [0.15, 0.2) is 0 Å². The standard InChI is InChI=1S/C21H18BrINOP/c22-17-8-6-15(7-9-17)21-20-11-10-19(25-26-23)14-16(20)12-13-24(21)18-4-2-1-3-5-18/h1-11,14,21,26H,12-13H2. The van der Waals surface area contributed by atoms with Crippen LogP contribution in [0.4, 0.5) is 5.69 Å². The Morgan fingerprint density at radius 2 is 1.77 bits per heavy atom. The molecule has 0 saturated carbocycles. The first-order valence-corrected chi connectivity index (χ1v) is 13.3. The normalized spacial score (nSPS) is 16.7. The lowest BCUT2D eigenvalue weighted by Crippen LogP contribution is -2.36. The summed E-state index contributed by atoms with van der Waals surface area (Å²) in [5.74, 6) is 0.971. The number of para-hydroxylation sites is 1. The predicted molar refractivity (Wildman–Crippen MR) is 123 cm³/mol. The van der Waals surface area contributed by atoms with Crippen molar-refractivity contribution in [3.05, 3.63) is 94.0 Å². The van der Waals surface area contributed by atoms with Crippen LogP contribution in [0.25, 0.3) is 0 Å². The van der Waals surface area contributed by atoms with E-state index in [1.54, 1.807) is 0 Å². The van der Waals surface area contributed by atoms with E-state index in [0.717, 1.165) is 23.2 Å². The number of fused-ring (bicyclic) bond motifs is 1. The molecule has 3 aromatic carbocycles. The molecule has 0 aliphatic carbocycles. The van der Waals surface area contributed by atoms with E-state index in [9.17, 15) is 0 Å². The molecule has 0 fully saturated rings. The molecule has 2 nitrogen and oxygen atoms in total. The van der Waals surface area contributed by atoms with Gasteiger partial charge in [0.05, 0.1) is 6.04 Å². The Morgan fingerprint density at radius 1 is 1.00 bits per heavy atom. The van der Waals surface area contributed by atoms with E-state index in [4.69, 9.17) is 4.52 Å². The molecule has 132 valence electrons. The smallest absolute Gasteiger partial charge is 0.137 e. The lowest BCUT2D eigenvalue weighted by atomic mass is 9.87. The van der Waals surface area contributed by atoms with Gasteiger partial charge in [-0.1, -0.05) is 52.3 Å². The van der Waals surface area contributed by atoms with E-state index in [1.807, 2.05) is 0 Å². The number of halogens is 2. The highest BCUT2D eigenvalue weighted by atomic mass is 127. The minimum atomic E-state index is 0.213. The average molecular weight is 538 g/mol. The summed E-state index contributed by atoms with van der Waals surface area (Å²) in [5, 5.41) is 0. The zero-order valence-corrected chi connectivity index (χ0v) is 18.8. The van der Waals surface area contributed by atoms with Crippen LogP contribution in [0.2, 0.25) is 0 Å². The van der Waals surface area contributed by atoms with Crippen LogP contribution in [-0.2, 0) is 6.42 Å². The maximum absolute atomic E-state index is 5.73. The van der Waals surface area contributed by atoms with E-state index in [0.29, 0.717) is 6.45 Å². The van der Waals surface area contributed by atoms with E-state index in [1.165, 1.54) is 22.4 Å². The Balaban J connectivity index is 1.81. The van der Waals surface area contributed by atoms with Crippen LogP contribution in [0.15, 0.2) is 77.3 Å². The second-order valence-corrected chi connectivity index (χ2v) is 8.87. The lowest BCUT2D eigenvalue weighted by molar-refractivity contribution is 0.624. The Hall–Kier alpha value is -1.10. The summed E-state index contributed by atoms with van der Waals surface area (Å²) in [7, 11) is 0. The number of hydrogen-bond acceptors (Lipinski definition) is 2. The second kappa shape index (κ2) is 8.28. The van der Waals surface area contributed by atoms with Crippen LogP contribution in [-0.4, -0.2) is 6.54 Å². The molecule has 0 spiro atoms. The first-order valence-electron chi connectivity index (χ1n) is 8.49. The van der Waals surface area contributed by atoms with Crippen LogP contribution in [0.5, 0.6) is 5.75 Å². The molecule has 0 amide bonds. The molecule has 0 aromatic heterocycles. The summed E-state index contributed by atoms with van der Waals surface area (Å²) < 4.78 is 6.84. The molecule has 0 N–H and O–H groups in total. The van der Waals surface area contributed by atoms with E-state index in [-0.39, 0.29) is 6.04 Å². The maximum Gasteiger partial charge on any atom is 0.137 e. The Labute approximate surface area is 177 Å². The van der Waals surface area contributed by atoms with Crippen LogP contribution in [0.1, 0.15) is 22.7 Å². The average Bonchev–Trinajstić information content (AvgIpc) is 2.69. The van der Waals surface area contributed by atoms with Gasteiger partial charge >= 0.3 is 0 Å². The molecule has 0 saturated heterocycles. The fourth-order valence-electron chi connectivity index (χ4n) is 3.61. The number of benzene rings is 3. The van der Waals surface area contributed by atoms with Gasteiger partial charge in [0.25, 0.3) is 0 Å². The van der Waals surface area contributed by atoms with Crippen molar-refractivity contribution in [2.24, 2.45) is 0 Å². The van der Waals surface area contributed by atoms with Crippen molar-refractivity contribution in [2.45, 2.75) is 12.5 Å². The van der Waals surface area contributed by atoms with Gasteiger partial charge in [-0.25, -0.2) is 0 Å². The van der Waals surface area contributed by atoms with Crippen molar-refractivity contribution in [1.82, 2.24) is 0 Å². The molecule has 4 rings (SSSR count). The summed E-state index contributed by atoms with van der Waals surface area (Å²) in [6.45, 7) is 1.43. The summed E-state index contributed by atoms with van der Waals surface area (Å²) in [6, 6.07) is 26.2. The number of nitrogens with zero attached hydrogens (tertiary/aromatic N) is 1. The van der Waals surface area contributed by atoms with Crippen LogP contribution in [0, 0.1) is 0 Å². The van der Waals surface area contributed by atoms with Crippen molar-refractivity contribution >= 4 is 50.1 Å². The molecule has 2 atom stereocenters. The van der Waals surface area contributed by atoms with Gasteiger partial charge in [0.2, 0.25) is 0 Å². The SMILES string of the molecule is Brc1ccc(C2c3ccc(OPI)cc3CCN2c2ccccc2)cc1. The van der Waals surface area contributed by atoms with E-state index in [2.05, 4.69) is 116 Å². The zero-order chi connectivity index (χ0) is 17.9. The van der Waals surface area contributed by atoms with Crippen LogP contribution < -0.4 is 9.42 Å². The molecular formula is C21H18BrINOP. The summed E-state index contributed by atoms with van der Waals surface area (Å²) in [4.78, 5) is 2.51. The van der Waals surface area contributed by atoms with E-state index < -0.39 is 0 Å². The molecule has 1 aliphatic heterocycles. The summed E-state index contributed by atoms with van der Waals surface area (Å²) in [6.07, 6.45) is 1.03. The lowest BCUT2D eigenvalue weighted by Gasteiger charge is -2.39. The zero-order valence-electron chi connectivity index (χ0n) is 14.0. The van der Waals surface area contributed by atoms with Gasteiger partial charge < -0.3 is 9.42 Å². The molecule has 3 aromatic rings. The highest BCUT2D eigenvalue weighted by molar-refractivity contribution is 14.2. The number of anilines is 1. The minimum absolute atomic E-state index is 0.213. The minimum Gasteiger partial charge on any atom is -0.467 e. The molecule has 0 bridgehead atoms. The molecular weight excluding hydrogens is 520 g/mol. The highest BCUT2D eigenvalue weighted by Gasteiger charge is 2.29. The molecule has 2 unspecified atom stereocenters. The van der Waals surface area contributed by atoms with Gasteiger partial charge in [-0.05, 0) is 81.6 Å². The fourth-order valence-corrected chi connectivity index (χ4v) is 4.86. The maximum atomic E-state index is 5.73. The topological polar surface area (TPSA) is 12.5 Å². The van der Waals surface area contributed by atoms with Crippen molar-refractivity contribution in [3.63, 3.8) is 0 Å². The summed E-state index contributed by atoms with van der Waals surface area (Å²) in [5.41, 5.74) is 5.33. The Morgan fingerprint density at radius 3 is 2.50 bits per heavy atom. The molecule has 0 radical (unpaired) electrons. The Bertz CT molecular complexity index is 888. The van der Waals surface area contributed by atoms with Gasteiger partial charge in [-0.3, -0.25) is 0 Å². The Kier molecular flexibility index (Phi) is 5.82. The largest absolute Gasteiger partial charge is 0.467 e. The van der Waals surface area contributed by atoms with Crippen molar-refractivity contribution in [1.29, 1.82) is 0 Å². The highest BCUT2D eigenvalue weighted by Crippen LogP contribution is 2.40. The molecule has 1 aliphatic rings. The van der Waals surface area contributed by atoms with E-state index >= 15 is 0 Å². The van der Waals surface area contributed by atoms with Crippen molar-refractivity contribution < 1.29 is 4.52 Å². The van der Waals surface area contributed by atoms with Crippen molar-refractivity contribution in [3.8, 4) is 5.75 Å². The quantitative estimate of drug-likeness (QED) is 0.264. The van der Waals surface area contributed by atoms with Gasteiger partial charge in [-0.15, -0.1) is 0 Å². The molecule has 26 heavy (non-hydrogen) atoms. The first-order chi connectivity index (χ1) is 12.8. The van der Waals surface area contributed by atoms with Crippen LogP contribution >= 0.6 is 44.4 Å². The van der Waals surface area contributed by atoms with Gasteiger partial charge in [0, 0.05) is 16.7 Å². The predicted octanol–water partition coefficient (Wildman–Crippen LogP) is 6.92. The van der Waals surface area contributed by atoms with Gasteiger partial charge in [0.1, 0.15) is 12.2 Å². The first kappa shape index (κ1) is 18.3. The number of rotatable bonds is 4. The fraction of sp³-hybridized carbons (Fsp3) is 0.143. The van der Waals surface area contributed by atoms with Crippen LogP contribution in [0.3, 0.4) is 0 Å². The number of hydrogen-bond donors (Lipinski definition) is 0. The van der Waals surface area contributed by atoms with Crippen molar-refractivity contribution in [2.75, 3.05) is 11.4 Å². The van der Waals surface area contributed by atoms with Gasteiger partial charge in [-0.2, -0.15) is 0 Å². The third-order valence-corrected chi connectivity index (χ3v) is 6.27. The third-order valence-electron chi connectivity index (χ3n) is 4.77. The molecule has 5 heteroatoms. The monoisotopic (exact) mass is 537 g/mol.